The minimum atomic E-state index is -1.03. The predicted molar refractivity (Wildman–Crippen MR) is 89.5 cm³/mol. The first-order valence-corrected chi connectivity index (χ1v) is 7.57. The van der Waals surface area contributed by atoms with Crippen molar-refractivity contribution in [2.75, 3.05) is 4.90 Å². The van der Waals surface area contributed by atoms with Crippen LogP contribution in [-0.2, 0) is 9.47 Å². The number of aromatic amines is 2. The average Bonchev–Trinajstić information content (AvgIpc) is 2.82. The Bertz CT molecular complexity index is 828. The summed E-state index contributed by atoms with van der Waals surface area (Å²) >= 11 is 0. The number of H-pyrrole nitrogens is 2. The molecule has 0 radical (unpaired) electrons. The van der Waals surface area contributed by atoms with Crippen molar-refractivity contribution in [1.29, 1.82) is 0 Å². The van der Waals surface area contributed by atoms with Crippen LogP contribution in [0, 0.1) is 0 Å². The molecule has 2 amide bonds. The molecule has 0 aliphatic heterocycles. The van der Waals surface area contributed by atoms with E-state index in [0.717, 1.165) is 0 Å². The lowest BCUT2D eigenvalue weighted by Crippen LogP contribution is -2.45. The highest BCUT2D eigenvalue weighted by Gasteiger charge is 2.34. The van der Waals surface area contributed by atoms with Crippen LogP contribution in [0.15, 0.2) is 11.1 Å². The Morgan fingerprint density at radius 2 is 1.56 bits per heavy atom. The number of imide groups is 1. The molecule has 2 N–H and O–H groups in total. The van der Waals surface area contributed by atoms with Crippen molar-refractivity contribution in [3.05, 3.63) is 16.7 Å². The summed E-state index contributed by atoms with van der Waals surface area (Å²) in [6.45, 7) is 9.86. The molecule has 0 aliphatic carbocycles. The molecule has 0 unspecified atom stereocenters. The molecule has 136 valence electrons. The van der Waals surface area contributed by atoms with Gasteiger partial charge in [-0.15, -0.1) is 4.90 Å². The number of anilines is 1. The molecule has 0 bridgehead atoms. The lowest BCUT2D eigenvalue weighted by Gasteiger charge is -2.27. The summed E-state index contributed by atoms with van der Waals surface area (Å²) < 4.78 is 10.4. The van der Waals surface area contributed by atoms with E-state index < -0.39 is 28.9 Å². The van der Waals surface area contributed by atoms with Gasteiger partial charge >= 0.3 is 12.2 Å². The first kappa shape index (κ1) is 18.4. The average molecular weight is 351 g/mol. The van der Waals surface area contributed by atoms with Crippen LogP contribution < -0.4 is 10.5 Å². The molecule has 2 heterocycles. The van der Waals surface area contributed by atoms with Gasteiger partial charge in [-0.3, -0.25) is 9.78 Å². The third kappa shape index (κ3) is 4.55. The van der Waals surface area contributed by atoms with Gasteiger partial charge in [0.15, 0.2) is 11.2 Å². The molecule has 10 heteroatoms. The number of hydrogen-bond acceptors (Lipinski definition) is 7. The number of ether oxygens (including phenoxy) is 2. The first-order valence-electron chi connectivity index (χ1n) is 7.57. The van der Waals surface area contributed by atoms with Crippen LogP contribution in [-0.4, -0.2) is 43.3 Å². The van der Waals surface area contributed by atoms with Gasteiger partial charge in [-0.1, -0.05) is 0 Å². The third-order valence-electron chi connectivity index (χ3n) is 2.65. The number of amides is 2. The lowest BCUT2D eigenvalue weighted by molar-refractivity contribution is 0.0427. The first-order chi connectivity index (χ1) is 11.4. The highest BCUT2D eigenvalue weighted by Crippen LogP contribution is 2.18. The van der Waals surface area contributed by atoms with Gasteiger partial charge in [0, 0.05) is 0 Å². The normalized spacial score (nSPS) is 12.1. The number of rotatable bonds is 1. The second kappa shape index (κ2) is 6.19. The maximum absolute atomic E-state index is 12.5. The minimum absolute atomic E-state index is 0.0517. The van der Waals surface area contributed by atoms with E-state index in [0.29, 0.717) is 4.90 Å². The molecule has 2 aromatic rings. The Balaban J connectivity index is 2.50. The molecule has 0 atom stereocenters. The molecule has 0 saturated carbocycles. The maximum atomic E-state index is 12.5. The van der Waals surface area contributed by atoms with Crippen molar-refractivity contribution in [2.24, 2.45) is 0 Å². The topological polar surface area (TPSA) is 130 Å². The Hall–Kier alpha value is -2.91. The summed E-state index contributed by atoms with van der Waals surface area (Å²) in [6, 6.07) is 0. The smallest absolute Gasteiger partial charge is 0.427 e. The predicted octanol–water partition coefficient (Wildman–Crippen LogP) is 2.32. The molecule has 25 heavy (non-hydrogen) atoms. The Morgan fingerprint density at radius 1 is 1.04 bits per heavy atom. The summed E-state index contributed by atoms with van der Waals surface area (Å²) in [5.74, 6) is -0.340. The number of carbonyl (C=O) groups excluding carboxylic acids is 2. The standard InChI is InChI=1S/C15H21N5O5/c1-14(2,3)24-12(22)20(13(23)25-15(4,5)6)11-18-9-8(10(21)19-11)16-7-17-9/h7H,1-6H3,(H2,16,17,18,19,21). The van der Waals surface area contributed by atoms with Crippen molar-refractivity contribution < 1.29 is 19.1 Å². The van der Waals surface area contributed by atoms with E-state index in [-0.39, 0.29) is 17.1 Å². The summed E-state index contributed by atoms with van der Waals surface area (Å²) in [5.41, 5.74) is -2.15. The largest absolute Gasteiger partial charge is 0.443 e. The zero-order chi connectivity index (χ0) is 19.0. The third-order valence-corrected chi connectivity index (χ3v) is 2.65. The highest BCUT2D eigenvalue weighted by molar-refractivity contribution is 6.08. The fourth-order valence-corrected chi connectivity index (χ4v) is 1.80. The number of aromatic nitrogens is 4. The van der Waals surface area contributed by atoms with Crippen molar-refractivity contribution in [3.8, 4) is 0 Å². The number of carbonyl (C=O) groups is 2. The molecule has 0 fully saturated rings. The molecule has 2 aromatic heterocycles. The van der Waals surface area contributed by atoms with E-state index in [9.17, 15) is 14.4 Å². The number of nitrogens with one attached hydrogen (secondary N) is 2. The number of imidazole rings is 1. The molecule has 0 aliphatic rings. The van der Waals surface area contributed by atoms with Gasteiger partial charge in [0.1, 0.15) is 11.2 Å². The van der Waals surface area contributed by atoms with E-state index in [4.69, 9.17) is 9.47 Å². The Kier molecular flexibility index (Phi) is 4.56. The fourth-order valence-electron chi connectivity index (χ4n) is 1.80. The van der Waals surface area contributed by atoms with Gasteiger partial charge in [-0.05, 0) is 41.5 Å². The van der Waals surface area contributed by atoms with E-state index >= 15 is 0 Å². The SMILES string of the molecule is CC(C)(C)OC(=O)N(C(=O)OC(C)(C)C)c1nc2nc[nH]c2c(=O)[nH]1. The van der Waals surface area contributed by atoms with Crippen molar-refractivity contribution in [3.63, 3.8) is 0 Å². The lowest BCUT2D eigenvalue weighted by atomic mass is 10.2. The van der Waals surface area contributed by atoms with Crippen LogP contribution in [0.3, 0.4) is 0 Å². The monoisotopic (exact) mass is 351 g/mol. The highest BCUT2D eigenvalue weighted by atomic mass is 16.6. The van der Waals surface area contributed by atoms with Crippen molar-refractivity contribution >= 4 is 29.3 Å². The van der Waals surface area contributed by atoms with E-state index in [1.807, 2.05) is 0 Å². The van der Waals surface area contributed by atoms with Crippen LogP contribution in [0.4, 0.5) is 15.5 Å². The number of hydrogen-bond donors (Lipinski definition) is 2. The Morgan fingerprint density at radius 3 is 2.04 bits per heavy atom. The summed E-state index contributed by atoms with van der Waals surface area (Å²) in [6.07, 6.45) is -0.776. The van der Waals surface area contributed by atoms with Crippen LogP contribution in [0.5, 0.6) is 0 Å². The van der Waals surface area contributed by atoms with Gasteiger partial charge in [0.2, 0.25) is 5.95 Å². The summed E-state index contributed by atoms with van der Waals surface area (Å²) in [7, 11) is 0. The van der Waals surface area contributed by atoms with E-state index in [2.05, 4.69) is 19.9 Å². The van der Waals surface area contributed by atoms with Crippen molar-refractivity contribution in [2.45, 2.75) is 52.7 Å². The van der Waals surface area contributed by atoms with Crippen LogP contribution in [0.2, 0.25) is 0 Å². The quantitative estimate of drug-likeness (QED) is 0.806. The number of fused-ring (bicyclic) bond motifs is 1. The zero-order valence-corrected chi connectivity index (χ0v) is 15.0. The van der Waals surface area contributed by atoms with Crippen LogP contribution in [0.1, 0.15) is 41.5 Å². The molecule has 2 rings (SSSR count). The van der Waals surface area contributed by atoms with Gasteiger partial charge in [-0.25, -0.2) is 14.6 Å². The van der Waals surface area contributed by atoms with E-state index in [1.165, 1.54) is 6.33 Å². The Labute approximate surface area is 143 Å². The second-order valence-electron chi connectivity index (χ2n) is 7.29. The van der Waals surface area contributed by atoms with Gasteiger partial charge in [-0.2, -0.15) is 4.98 Å². The van der Waals surface area contributed by atoms with Crippen molar-refractivity contribution in [1.82, 2.24) is 19.9 Å². The minimum Gasteiger partial charge on any atom is -0.443 e. The van der Waals surface area contributed by atoms with Crippen LogP contribution in [0.25, 0.3) is 11.2 Å². The molecular formula is C15H21N5O5. The summed E-state index contributed by atoms with van der Waals surface area (Å²) in [4.78, 5) is 50.5. The van der Waals surface area contributed by atoms with Gasteiger partial charge in [0.05, 0.1) is 6.33 Å². The molecule has 0 aromatic carbocycles. The maximum Gasteiger partial charge on any atom is 0.427 e. The van der Waals surface area contributed by atoms with Crippen LogP contribution >= 0.6 is 0 Å². The summed E-state index contributed by atoms with van der Waals surface area (Å²) in [5, 5.41) is 0. The molecule has 0 spiro atoms. The molecule has 10 nitrogen and oxygen atoms in total. The fraction of sp³-hybridized carbons (Fsp3) is 0.533. The molecule has 0 saturated heterocycles. The zero-order valence-electron chi connectivity index (χ0n) is 15.0. The second-order valence-corrected chi connectivity index (χ2v) is 7.29. The van der Waals surface area contributed by atoms with E-state index in [1.54, 1.807) is 41.5 Å². The van der Waals surface area contributed by atoms with Gasteiger partial charge < -0.3 is 14.5 Å². The number of nitrogens with zero attached hydrogens (tertiary/aromatic N) is 3. The van der Waals surface area contributed by atoms with Gasteiger partial charge in [0.25, 0.3) is 5.56 Å². The molecular weight excluding hydrogens is 330 g/mol.